The summed E-state index contributed by atoms with van der Waals surface area (Å²) >= 11 is 0. The molecule has 0 bridgehead atoms. The number of benzene rings is 1. The number of rotatable bonds is 9. The molecular weight excluding hydrogens is 416 g/mol. The molecule has 3 heteroatoms. The minimum absolute atomic E-state index is 0.338. The second-order valence-corrected chi connectivity index (χ2v) is 15.9. The van der Waals surface area contributed by atoms with Crippen molar-refractivity contribution in [3.8, 4) is 11.3 Å². The highest BCUT2D eigenvalue weighted by atomic mass is 28.3. The summed E-state index contributed by atoms with van der Waals surface area (Å²) in [7, 11) is 0.468. The number of fused-ring (bicyclic) bond motifs is 3. The molecule has 176 valence electrons. The standard InChI is InChI=1S/C30H43N2Si/c1-10-13-22(4)16-17-26-24-14-11-12-15-25(24)29-19-27(21(2)3)30(33(7,8)9)20-32(29)28(26)18-23(5)31-6/h10-15,19-21,26,28,31H,4-5,16-18H2,1-3,6-9H3/q+1/b13-10-. The average Bonchev–Trinajstić information content (AvgIpc) is 2.77. The van der Waals surface area contributed by atoms with Gasteiger partial charge in [0, 0.05) is 41.9 Å². The summed E-state index contributed by atoms with van der Waals surface area (Å²) in [6.07, 6.45) is 9.78. The Morgan fingerprint density at radius 3 is 2.48 bits per heavy atom. The van der Waals surface area contributed by atoms with E-state index >= 15 is 0 Å². The van der Waals surface area contributed by atoms with E-state index in [-0.39, 0.29) is 0 Å². The van der Waals surface area contributed by atoms with Crippen LogP contribution >= 0.6 is 0 Å². The van der Waals surface area contributed by atoms with Crippen molar-refractivity contribution in [3.63, 3.8) is 0 Å². The molecule has 2 nitrogen and oxygen atoms in total. The maximum atomic E-state index is 4.33. The summed E-state index contributed by atoms with van der Waals surface area (Å²) in [5.74, 6) is 0.933. The lowest BCUT2D eigenvalue weighted by Crippen LogP contribution is -2.54. The number of allylic oxidation sites excluding steroid dienone is 4. The van der Waals surface area contributed by atoms with Crippen molar-refractivity contribution in [1.29, 1.82) is 0 Å². The van der Waals surface area contributed by atoms with Crippen molar-refractivity contribution in [1.82, 2.24) is 5.32 Å². The second-order valence-electron chi connectivity index (χ2n) is 10.9. The third-order valence-corrected chi connectivity index (χ3v) is 9.06. The normalized spacial score (nSPS) is 17.7. The number of nitrogens with one attached hydrogen (secondary N) is 1. The molecule has 1 aliphatic rings. The zero-order chi connectivity index (χ0) is 24.3. The molecule has 0 radical (unpaired) electrons. The molecule has 1 aromatic heterocycles. The quantitative estimate of drug-likeness (QED) is 0.243. The molecule has 0 aliphatic carbocycles. The zero-order valence-electron chi connectivity index (χ0n) is 21.8. The van der Waals surface area contributed by atoms with E-state index < -0.39 is 8.07 Å². The first kappa shape index (κ1) is 25.2. The zero-order valence-corrected chi connectivity index (χ0v) is 22.8. The van der Waals surface area contributed by atoms with Gasteiger partial charge in [-0.05, 0) is 42.9 Å². The van der Waals surface area contributed by atoms with Crippen LogP contribution in [0.25, 0.3) is 11.3 Å². The molecule has 33 heavy (non-hydrogen) atoms. The van der Waals surface area contributed by atoms with Crippen molar-refractivity contribution in [2.45, 2.75) is 77.6 Å². The molecule has 3 rings (SSSR count). The van der Waals surface area contributed by atoms with Gasteiger partial charge in [-0.25, -0.2) is 0 Å². The molecule has 2 aromatic rings. The van der Waals surface area contributed by atoms with Gasteiger partial charge in [0.25, 0.3) is 0 Å². The van der Waals surface area contributed by atoms with Gasteiger partial charge in [0.05, 0.1) is 8.07 Å². The van der Waals surface area contributed by atoms with Crippen molar-refractivity contribution in [2.24, 2.45) is 0 Å². The fourth-order valence-corrected chi connectivity index (χ4v) is 6.99. The summed E-state index contributed by atoms with van der Waals surface area (Å²) in [6, 6.07) is 11.9. The van der Waals surface area contributed by atoms with E-state index in [1.54, 1.807) is 5.19 Å². The average molecular weight is 460 g/mol. The topological polar surface area (TPSA) is 15.9 Å². The van der Waals surface area contributed by atoms with Gasteiger partial charge in [-0.3, -0.25) is 0 Å². The first-order valence-corrected chi connectivity index (χ1v) is 15.9. The summed E-state index contributed by atoms with van der Waals surface area (Å²) in [4.78, 5) is 0. The van der Waals surface area contributed by atoms with E-state index in [0.717, 1.165) is 25.0 Å². The highest BCUT2D eigenvalue weighted by Gasteiger charge is 2.41. The molecule has 2 unspecified atom stereocenters. The van der Waals surface area contributed by atoms with E-state index in [4.69, 9.17) is 0 Å². The van der Waals surface area contributed by atoms with Gasteiger partial charge in [0.2, 0.25) is 5.69 Å². The molecule has 1 aromatic carbocycles. The smallest absolute Gasteiger partial charge is 0.213 e. The minimum atomic E-state index is -1.52. The van der Waals surface area contributed by atoms with Gasteiger partial charge in [0.15, 0.2) is 12.2 Å². The van der Waals surface area contributed by atoms with Crippen LogP contribution in [0.5, 0.6) is 0 Å². The molecular formula is C30H43N2Si+. The van der Waals surface area contributed by atoms with Crippen LogP contribution in [0.1, 0.15) is 69.0 Å². The van der Waals surface area contributed by atoms with Crippen LogP contribution in [-0.2, 0) is 0 Å². The Balaban J connectivity index is 2.24. The van der Waals surface area contributed by atoms with Crippen LogP contribution in [0, 0.1) is 0 Å². The molecule has 0 amide bonds. The fraction of sp³-hybridized carbons (Fsp3) is 0.433. The Hall–Kier alpha value is -2.39. The van der Waals surface area contributed by atoms with E-state index in [2.05, 4.69) is 112 Å². The van der Waals surface area contributed by atoms with Crippen LogP contribution in [-0.4, -0.2) is 15.1 Å². The molecule has 0 fully saturated rings. The third kappa shape index (κ3) is 5.41. The van der Waals surface area contributed by atoms with Gasteiger partial charge >= 0.3 is 0 Å². The number of pyridine rings is 1. The lowest BCUT2D eigenvalue weighted by Gasteiger charge is -2.33. The SMILES string of the molecule is C=C(/C=C\C)CCC1c2ccccc2-c2cc(C(C)C)c([Si](C)(C)C)c[n+]2C1CC(=C)NC. The monoisotopic (exact) mass is 459 g/mol. The lowest BCUT2D eigenvalue weighted by molar-refractivity contribution is -0.717. The summed E-state index contributed by atoms with van der Waals surface area (Å²) in [5, 5.41) is 4.90. The number of nitrogens with zero attached hydrogens (tertiary/aromatic N) is 1. The van der Waals surface area contributed by atoms with Gasteiger partial charge in [-0.1, -0.05) is 82.6 Å². The van der Waals surface area contributed by atoms with E-state index in [1.807, 2.05) is 7.05 Å². The first-order chi connectivity index (χ1) is 15.6. The van der Waals surface area contributed by atoms with E-state index in [1.165, 1.54) is 28.0 Å². The van der Waals surface area contributed by atoms with Crippen LogP contribution in [0.2, 0.25) is 19.6 Å². The molecule has 1 N–H and O–H groups in total. The minimum Gasteiger partial charge on any atom is -0.392 e. The van der Waals surface area contributed by atoms with Crippen molar-refractivity contribution >= 4 is 13.3 Å². The molecule has 2 atom stereocenters. The molecule has 2 heterocycles. The van der Waals surface area contributed by atoms with Gasteiger partial charge in [0.1, 0.15) is 0 Å². The third-order valence-electron chi connectivity index (χ3n) is 7.03. The maximum absolute atomic E-state index is 4.33. The van der Waals surface area contributed by atoms with Crippen molar-refractivity contribution < 1.29 is 4.57 Å². The first-order valence-electron chi connectivity index (χ1n) is 12.4. The highest BCUT2D eigenvalue weighted by Crippen LogP contribution is 2.43. The molecule has 1 aliphatic heterocycles. The summed E-state index contributed by atoms with van der Waals surface area (Å²) in [6.45, 7) is 22.8. The molecule has 0 saturated carbocycles. The Kier molecular flexibility index (Phi) is 7.84. The molecule has 0 spiro atoms. The summed E-state index contributed by atoms with van der Waals surface area (Å²) in [5.41, 5.74) is 8.02. The van der Waals surface area contributed by atoms with E-state index in [9.17, 15) is 0 Å². The largest absolute Gasteiger partial charge is 0.392 e. The number of hydrogen-bond donors (Lipinski definition) is 1. The van der Waals surface area contributed by atoms with E-state index in [0.29, 0.717) is 17.9 Å². The fourth-order valence-electron chi connectivity index (χ4n) is 5.24. The Morgan fingerprint density at radius 1 is 1.18 bits per heavy atom. The number of aromatic nitrogens is 1. The summed E-state index contributed by atoms with van der Waals surface area (Å²) < 4.78 is 2.60. The van der Waals surface area contributed by atoms with Crippen molar-refractivity contribution in [2.75, 3.05) is 7.05 Å². The maximum Gasteiger partial charge on any atom is 0.213 e. The second kappa shape index (κ2) is 10.3. The predicted octanol–water partition coefficient (Wildman–Crippen LogP) is 6.98. The van der Waals surface area contributed by atoms with Gasteiger partial charge < -0.3 is 5.32 Å². The highest BCUT2D eigenvalue weighted by molar-refractivity contribution is 6.89. The molecule has 0 saturated heterocycles. The lowest BCUT2D eigenvalue weighted by atomic mass is 9.78. The van der Waals surface area contributed by atoms with Gasteiger partial charge in [-0.15, -0.1) is 0 Å². The van der Waals surface area contributed by atoms with Gasteiger partial charge in [-0.2, -0.15) is 4.57 Å². The Labute approximate surface area is 203 Å². The number of hydrogen-bond acceptors (Lipinski definition) is 1. The van der Waals surface area contributed by atoms with Crippen LogP contribution in [0.3, 0.4) is 0 Å². The van der Waals surface area contributed by atoms with Crippen LogP contribution in [0.4, 0.5) is 0 Å². The van der Waals surface area contributed by atoms with Crippen LogP contribution < -0.4 is 15.1 Å². The Bertz CT molecular complexity index is 1060. The van der Waals surface area contributed by atoms with Crippen molar-refractivity contribution in [3.05, 3.63) is 84.2 Å². The van der Waals surface area contributed by atoms with Crippen LogP contribution in [0.15, 0.2) is 73.1 Å². The predicted molar refractivity (Wildman–Crippen MR) is 147 cm³/mol. The Morgan fingerprint density at radius 2 is 1.88 bits per heavy atom.